The van der Waals surface area contributed by atoms with E-state index in [0.717, 1.165) is 36.4 Å². The Bertz CT molecular complexity index is 3070. The van der Waals surface area contributed by atoms with Crippen LogP contribution >= 0.6 is 23.2 Å². The summed E-state index contributed by atoms with van der Waals surface area (Å²) in [5.74, 6) is -1.70. The molecule has 2 aromatic heterocycles. The van der Waals surface area contributed by atoms with Crippen LogP contribution in [0.3, 0.4) is 0 Å². The third-order valence-corrected chi connectivity index (χ3v) is 9.83. The Morgan fingerprint density at radius 1 is 0.597 bits per heavy atom. The second-order valence-electron chi connectivity index (χ2n) is 14.3. The van der Waals surface area contributed by atoms with Crippen molar-refractivity contribution in [1.82, 2.24) is 15.3 Å². The van der Waals surface area contributed by atoms with Gasteiger partial charge in [-0.25, -0.2) is 23.9 Å². The van der Waals surface area contributed by atoms with Crippen LogP contribution in [0.25, 0.3) is 0 Å². The van der Waals surface area contributed by atoms with E-state index in [2.05, 4.69) is 60.2 Å². The lowest BCUT2D eigenvalue weighted by Gasteiger charge is -2.30. The number of esters is 1. The number of nitrogens with one attached hydrogen (secondary N) is 5. The van der Waals surface area contributed by atoms with Crippen molar-refractivity contribution >= 4 is 69.9 Å². The third kappa shape index (κ3) is 12.8. The monoisotopic (exact) mass is 1050 g/mol. The van der Waals surface area contributed by atoms with Crippen LogP contribution in [0.2, 0.25) is 10.0 Å². The predicted molar refractivity (Wildman–Crippen MR) is 236 cm³/mol. The maximum Gasteiger partial charge on any atom is 0.540 e. The fraction of sp³-hybridized carbons (Fsp3) is 0.136. The smallest absolute Gasteiger partial charge is 0.465 e. The van der Waals surface area contributed by atoms with E-state index in [1.165, 1.54) is 87.3 Å². The molecule has 5 N–H and O–H groups in total. The number of carbonyl (C=O) groups excluding carboxylic acids is 4. The van der Waals surface area contributed by atoms with E-state index in [4.69, 9.17) is 32.7 Å². The molecule has 8 rings (SSSR count). The lowest BCUT2D eigenvalue weighted by atomic mass is 10.1. The number of carbonyl (C=O) groups is 4. The second-order valence-corrected chi connectivity index (χ2v) is 15.1. The van der Waals surface area contributed by atoms with Gasteiger partial charge in [-0.2, -0.15) is 17.6 Å². The van der Waals surface area contributed by atoms with Crippen molar-refractivity contribution in [2.45, 2.75) is 24.8 Å². The summed E-state index contributed by atoms with van der Waals surface area (Å²) in [6, 6.07) is 16.5. The standard InChI is InChI=1S/C22H14Cl2F4N4O5.C22H15F4N3O6/c1-29-19(33)16-7-11(4-5-30-16)35-18-9-15(13(23)8-14(18)24)32-20(34)31-10-2-3-17-12(6-10)21(25,26)37-22(27,28)36-17;1-32-19(30)12-8-16(11-27-10-12)33-15-5-2-13(3-6-15)28-20(31)29-14-4-7-18-17(9-14)21(23,24)35-22(25,26)34-18/h2-9H,1H3,(H,29,33)(H2,31,32,34);2-11H,1H3,(H2,28,29,31). The van der Waals surface area contributed by atoms with Gasteiger partial charge in [-0.1, -0.05) is 23.2 Å². The van der Waals surface area contributed by atoms with Crippen LogP contribution in [-0.4, -0.2) is 60.7 Å². The number of ether oxygens (including phenoxy) is 7. The molecule has 0 bridgehead atoms. The highest BCUT2D eigenvalue weighted by molar-refractivity contribution is 6.37. The molecular weight excluding hydrogens is 1030 g/mol. The summed E-state index contributed by atoms with van der Waals surface area (Å²) in [4.78, 5) is 55.9. The minimum Gasteiger partial charge on any atom is -0.465 e. The minimum atomic E-state index is -4.52. The Hall–Kier alpha value is -8.20. The highest BCUT2D eigenvalue weighted by Crippen LogP contribution is 2.48. The molecule has 72 heavy (non-hydrogen) atoms. The van der Waals surface area contributed by atoms with Gasteiger partial charge < -0.3 is 50.3 Å². The van der Waals surface area contributed by atoms with Crippen LogP contribution in [0.1, 0.15) is 32.0 Å². The zero-order chi connectivity index (χ0) is 52.2. The van der Waals surface area contributed by atoms with Gasteiger partial charge in [0, 0.05) is 48.6 Å². The lowest BCUT2D eigenvalue weighted by Crippen LogP contribution is -2.41. The van der Waals surface area contributed by atoms with E-state index >= 15 is 0 Å². The van der Waals surface area contributed by atoms with Gasteiger partial charge in [-0.3, -0.25) is 14.8 Å². The van der Waals surface area contributed by atoms with Crippen molar-refractivity contribution in [3.63, 3.8) is 0 Å². The molecule has 0 aliphatic carbocycles. The van der Waals surface area contributed by atoms with Crippen molar-refractivity contribution in [3.8, 4) is 34.5 Å². The van der Waals surface area contributed by atoms with Crippen LogP contribution < -0.4 is 45.5 Å². The Balaban J connectivity index is 0.000000212. The molecule has 0 saturated carbocycles. The first kappa shape index (κ1) is 51.6. The van der Waals surface area contributed by atoms with Crippen LogP contribution in [0.15, 0.2) is 110 Å². The summed E-state index contributed by atoms with van der Waals surface area (Å²) >= 11 is 12.3. The van der Waals surface area contributed by atoms with Gasteiger partial charge >= 0.3 is 42.8 Å². The molecule has 2 aliphatic heterocycles. The molecule has 4 heterocycles. The number of benzene rings is 4. The molecule has 5 amide bonds. The molecular formula is C44H29Cl2F8N7O11. The first-order valence-corrected chi connectivity index (χ1v) is 20.6. The van der Waals surface area contributed by atoms with Crippen molar-refractivity contribution in [3.05, 3.63) is 142 Å². The van der Waals surface area contributed by atoms with E-state index < -0.39 is 71.4 Å². The van der Waals surface area contributed by atoms with Crippen molar-refractivity contribution in [2.75, 3.05) is 35.4 Å². The normalized spacial score (nSPS) is 15.2. The van der Waals surface area contributed by atoms with Gasteiger partial charge in [0.25, 0.3) is 5.91 Å². The number of anilines is 4. The number of hydrogen-bond donors (Lipinski definition) is 5. The number of aromatic nitrogens is 2. The molecule has 0 fully saturated rings. The van der Waals surface area contributed by atoms with E-state index in [-0.39, 0.29) is 55.6 Å². The SMILES string of the molecule is CNC(=O)c1cc(Oc2cc(NC(=O)Nc3ccc4c(c3)C(F)(F)OC(F)(F)O4)c(Cl)cc2Cl)ccn1.COC(=O)c1cncc(Oc2ccc(NC(=O)Nc3ccc4c(c3)C(F)(F)OC(F)(F)O4)cc2)c1. The zero-order valence-corrected chi connectivity index (χ0v) is 37.6. The number of alkyl halides is 8. The molecule has 0 unspecified atom stereocenters. The Kier molecular flexibility index (Phi) is 14.8. The molecule has 18 nitrogen and oxygen atoms in total. The summed E-state index contributed by atoms with van der Waals surface area (Å²) in [5, 5.41) is 12.0. The Labute approximate surface area is 408 Å². The number of halogens is 10. The number of pyridine rings is 2. The average molecular weight is 1050 g/mol. The average Bonchev–Trinajstić information content (AvgIpc) is 3.30. The van der Waals surface area contributed by atoms with E-state index in [1.807, 2.05) is 0 Å². The van der Waals surface area contributed by atoms with Gasteiger partial charge in [0.05, 0.1) is 45.7 Å². The Morgan fingerprint density at radius 2 is 1.15 bits per heavy atom. The van der Waals surface area contributed by atoms with E-state index in [0.29, 0.717) is 11.4 Å². The molecule has 6 aromatic rings. The number of fused-ring (bicyclic) bond motifs is 2. The number of urea groups is 2. The number of hydrogen-bond acceptors (Lipinski definition) is 13. The van der Waals surface area contributed by atoms with Gasteiger partial charge in [-0.15, -0.1) is 17.6 Å². The Morgan fingerprint density at radius 3 is 1.72 bits per heavy atom. The van der Waals surface area contributed by atoms with Crippen molar-refractivity contribution < 1.29 is 87.5 Å². The summed E-state index contributed by atoms with van der Waals surface area (Å²) in [6.07, 6.45) is -13.6. The topological polar surface area (TPSA) is 219 Å². The number of nitrogens with zero attached hydrogens (tertiary/aromatic N) is 2. The molecule has 2 aliphatic rings. The van der Waals surface area contributed by atoms with Crippen LogP contribution in [0.5, 0.6) is 34.5 Å². The first-order chi connectivity index (χ1) is 33.9. The molecule has 0 radical (unpaired) electrons. The van der Waals surface area contributed by atoms with Gasteiger partial charge in [-0.05, 0) is 78.9 Å². The maximum atomic E-state index is 14.0. The summed E-state index contributed by atoms with van der Waals surface area (Å²) in [6.45, 7) is 0. The van der Waals surface area contributed by atoms with Gasteiger partial charge in [0.2, 0.25) is 0 Å². The molecule has 4 aromatic carbocycles. The summed E-state index contributed by atoms with van der Waals surface area (Å²) < 4.78 is 139. The maximum absolute atomic E-state index is 14.0. The van der Waals surface area contributed by atoms with Gasteiger partial charge in [0.15, 0.2) is 0 Å². The number of rotatable bonds is 10. The lowest BCUT2D eigenvalue weighted by molar-refractivity contribution is -0.462. The first-order valence-electron chi connectivity index (χ1n) is 19.8. The van der Waals surface area contributed by atoms with E-state index in [1.54, 1.807) is 0 Å². The highest BCUT2D eigenvalue weighted by Gasteiger charge is 2.55. The van der Waals surface area contributed by atoms with E-state index in [9.17, 15) is 54.3 Å². The molecule has 376 valence electrons. The molecule has 0 atom stereocenters. The quantitative estimate of drug-likeness (QED) is 0.0638. The number of methoxy groups -OCH3 is 1. The predicted octanol–water partition coefficient (Wildman–Crippen LogP) is 11.5. The molecule has 0 spiro atoms. The molecule has 28 heteroatoms. The zero-order valence-electron chi connectivity index (χ0n) is 36.1. The number of amides is 5. The van der Waals surface area contributed by atoms with Crippen LogP contribution in [0.4, 0.5) is 67.5 Å². The fourth-order valence-electron chi connectivity index (χ4n) is 6.14. The summed E-state index contributed by atoms with van der Waals surface area (Å²) in [7, 11) is 2.68. The van der Waals surface area contributed by atoms with Crippen LogP contribution in [-0.2, 0) is 26.4 Å². The van der Waals surface area contributed by atoms with Gasteiger partial charge in [0.1, 0.15) is 40.2 Å². The fourth-order valence-corrected chi connectivity index (χ4v) is 6.61. The third-order valence-electron chi connectivity index (χ3n) is 9.22. The molecule has 0 saturated heterocycles. The van der Waals surface area contributed by atoms with Crippen LogP contribution in [0, 0.1) is 0 Å². The minimum absolute atomic E-state index is 0.00860. The van der Waals surface area contributed by atoms with Crippen molar-refractivity contribution in [1.29, 1.82) is 0 Å². The highest BCUT2D eigenvalue weighted by atomic mass is 35.5. The largest absolute Gasteiger partial charge is 0.540 e. The second kappa shape index (κ2) is 20.6. The summed E-state index contributed by atoms with van der Waals surface area (Å²) in [5.41, 5.74) is -1.65. The van der Waals surface area contributed by atoms with Crippen molar-refractivity contribution in [2.24, 2.45) is 0 Å².